The molecule has 0 aliphatic rings. The molecule has 0 aromatic heterocycles. The second-order valence-electron chi connectivity index (χ2n) is 7.55. The van der Waals surface area contributed by atoms with Gasteiger partial charge in [0.1, 0.15) is 0 Å². The number of benzene rings is 2. The maximum absolute atomic E-state index is 11.5. The van der Waals surface area contributed by atoms with E-state index in [2.05, 4.69) is 5.32 Å². The number of nitrogens with two attached hydrogens (primary N) is 1. The van der Waals surface area contributed by atoms with E-state index in [1.54, 1.807) is 12.1 Å². The number of carbonyl (C=O) groups is 1. The molecule has 164 valence electrons. The summed E-state index contributed by atoms with van der Waals surface area (Å²) in [6.45, 7) is 1.18. The van der Waals surface area contributed by atoms with Crippen molar-refractivity contribution in [1.82, 2.24) is 5.32 Å². The minimum atomic E-state index is -0.725. The largest absolute Gasteiger partial charge is 0.481 e. The fraction of sp³-hybridized carbons (Fsp3) is 0.435. The van der Waals surface area contributed by atoms with Crippen LogP contribution in [0.4, 0.5) is 5.69 Å². The highest BCUT2D eigenvalue weighted by Gasteiger charge is 2.17. The van der Waals surface area contributed by atoms with Gasteiger partial charge in [0.05, 0.1) is 27.8 Å². The summed E-state index contributed by atoms with van der Waals surface area (Å²) in [6.07, 6.45) is 4.42. The Morgan fingerprint density at radius 3 is 2.30 bits per heavy atom. The van der Waals surface area contributed by atoms with Gasteiger partial charge in [-0.05, 0) is 49.1 Å². The van der Waals surface area contributed by atoms with Crippen LogP contribution in [-0.2, 0) is 11.2 Å². The molecule has 0 aliphatic carbocycles. The van der Waals surface area contributed by atoms with Crippen LogP contribution in [0.3, 0.4) is 0 Å². The van der Waals surface area contributed by atoms with Crippen LogP contribution < -0.4 is 11.1 Å². The van der Waals surface area contributed by atoms with Crippen molar-refractivity contribution in [3.8, 4) is 0 Å². The van der Waals surface area contributed by atoms with E-state index in [-0.39, 0.29) is 5.92 Å². The molecule has 0 aliphatic heterocycles. The number of aliphatic carboxylic acids is 1. The Morgan fingerprint density at radius 1 is 1.03 bits per heavy atom. The van der Waals surface area contributed by atoms with Crippen molar-refractivity contribution in [2.45, 2.75) is 44.6 Å². The molecule has 0 saturated carbocycles. The van der Waals surface area contributed by atoms with Crippen molar-refractivity contribution in [3.63, 3.8) is 0 Å². The van der Waals surface area contributed by atoms with Crippen molar-refractivity contribution < 1.29 is 15.0 Å². The van der Waals surface area contributed by atoms with Crippen LogP contribution in [0.25, 0.3) is 0 Å². The summed E-state index contributed by atoms with van der Waals surface area (Å²) >= 11 is 12.0. The number of aliphatic hydroxyl groups excluding tert-OH is 1. The SMILES string of the molecule is Nc1c(Cl)cc(C(O)CNCCCCCCC(Cc2ccccc2)C(=O)O)cc1Cl. The summed E-state index contributed by atoms with van der Waals surface area (Å²) in [5.41, 5.74) is 7.72. The molecule has 7 heteroatoms. The van der Waals surface area contributed by atoms with Crippen LogP contribution in [0.2, 0.25) is 10.0 Å². The van der Waals surface area contributed by atoms with Gasteiger partial charge in [0.15, 0.2) is 0 Å². The van der Waals surface area contributed by atoms with Crippen LogP contribution in [0.15, 0.2) is 42.5 Å². The number of nitrogens with one attached hydrogen (secondary N) is 1. The Morgan fingerprint density at radius 2 is 1.67 bits per heavy atom. The summed E-state index contributed by atoms with van der Waals surface area (Å²) in [4.78, 5) is 11.5. The minimum absolute atomic E-state index is 0.316. The Balaban J connectivity index is 1.59. The normalized spacial score (nSPS) is 13.2. The first-order valence-corrected chi connectivity index (χ1v) is 11.0. The van der Waals surface area contributed by atoms with Crippen LogP contribution in [0.5, 0.6) is 0 Å². The second-order valence-corrected chi connectivity index (χ2v) is 8.36. The topological polar surface area (TPSA) is 95.6 Å². The van der Waals surface area contributed by atoms with E-state index in [9.17, 15) is 15.0 Å². The number of hydrogen-bond acceptors (Lipinski definition) is 4. The summed E-state index contributed by atoms with van der Waals surface area (Å²) in [7, 11) is 0. The molecule has 0 radical (unpaired) electrons. The molecule has 2 aromatic carbocycles. The average Bonchev–Trinajstić information content (AvgIpc) is 2.73. The highest BCUT2D eigenvalue weighted by Crippen LogP contribution is 2.31. The summed E-state index contributed by atoms with van der Waals surface area (Å²) in [6, 6.07) is 13.0. The first-order chi connectivity index (χ1) is 14.4. The van der Waals surface area contributed by atoms with Gasteiger partial charge < -0.3 is 21.3 Å². The number of nitrogen functional groups attached to an aromatic ring is 1. The van der Waals surface area contributed by atoms with Gasteiger partial charge in [-0.15, -0.1) is 0 Å². The van der Waals surface area contributed by atoms with E-state index >= 15 is 0 Å². The van der Waals surface area contributed by atoms with Crippen LogP contribution in [-0.4, -0.2) is 29.3 Å². The minimum Gasteiger partial charge on any atom is -0.481 e. The van der Waals surface area contributed by atoms with Crippen molar-refractivity contribution in [3.05, 3.63) is 63.6 Å². The molecule has 5 N–H and O–H groups in total. The van der Waals surface area contributed by atoms with E-state index in [1.165, 1.54) is 0 Å². The van der Waals surface area contributed by atoms with E-state index in [0.29, 0.717) is 40.7 Å². The molecular weight excluding hydrogens is 423 g/mol. The van der Waals surface area contributed by atoms with Gasteiger partial charge >= 0.3 is 5.97 Å². The van der Waals surface area contributed by atoms with Gasteiger partial charge in [0.25, 0.3) is 0 Å². The molecule has 2 aromatic rings. The lowest BCUT2D eigenvalue weighted by atomic mass is 9.93. The fourth-order valence-electron chi connectivity index (χ4n) is 3.36. The van der Waals surface area contributed by atoms with E-state index in [4.69, 9.17) is 28.9 Å². The number of rotatable bonds is 13. The standard InChI is InChI=1S/C23H30Cl2N2O3/c24-19-13-18(14-20(25)22(19)26)21(28)15-27-11-7-2-1-6-10-17(23(29)30)12-16-8-4-3-5-9-16/h3-5,8-9,13-14,17,21,27-28H,1-2,6-7,10-12,15,26H2,(H,29,30). The number of anilines is 1. The smallest absolute Gasteiger partial charge is 0.306 e. The maximum atomic E-state index is 11.5. The van der Waals surface area contributed by atoms with E-state index in [0.717, 1.165) is 37.8 Å². The van der Waals surface area contributed by atoms with Crippen molar-refractivity contribution in [1.29, 1.82) is 0 Å². The Bertz CT molecular complexity index is 779. The predicted molar refractivity (Wildman–Crippen MR) is 123 cm³/mol. The molecule has 5 nitrogen and oxygen atoms in total. The molecule has 2 rings (SSSR count). The monoisotopic (exact) mass is 452 g/mol. The van der Waals surface area contributed by atoms with Crippen LogP contribution in [0, 0.1) is 5.92 Å². The van der Waals surface area contributed by atoms with Gasteiger partial charge in [-0.2, -0.15) is 0 Å². The molecule has 0 fully saturated rings. The lowest BCUT2D eigenvalue weighted by Crippen LogP contribution is -2.22. The molecule has 0 heterocycles. The summed E-state index contributed by atoms with van der Waals surface area (Å²) < 4.78 is 0. The second kappa shape index (κ2) is 12.8. The molecule has 2 atom stereocenters. The van der Waals surface area contributed by atoms with Gasteiger partial charge in [0.2, 0.25) is 0 Å². The Kier molecular flexibility index (Phi) is 10.4. The predicted octanol–water partition coefficient (Wildman–Crippen LogP) is 5.09. The van der Waals surface area contributed by atoms with Gasteiger partial charge in [0, 0.05) is 6.54 Å². The van der Waals surface area contributed by atoms with Crippen molar-refractivity contribution in [2.24, 2.45) is 5.92 Å². The lowest BCUT2D eigenvalue weighted by Gasteiger charge is -2.14. The summed E-state index contributed by atoms with van der Waals surface area (Å²) in [5.74, 6) is -1.06. The zero-order valence-electron chi connectivity index (χ0n) is 17.0. The van der Waals surface area contributed by atoms with Crippen molar-refractivity contribution in [2.75, 3.05) is 18.8 Å². The molecular formula is C23H30Cl2N2O3. The molecule has 0 amide bonds. The van der Waals surface area contributed by atoms with Crippen LogP contribution in [0.1, 0.15) is 49.3 Å². The van der Waals surface area contributed by atoms with Gasteiger partial charge in [-0.1, -0.05) is 72.8 Å². The van der Waals surface area contributed by atoms with Crippen molar-refractivity contribution >= 4 is 34.9 Å². The highest BCUT2D eigenvalue weighted by molar-refractivity contribution is 6.38. The number of unbranched alkanes of at least 4 members (excludes halogenated alkanes) is 3. The zero-order valence-corrected chi connectivity index (χ0v) is 18.5. The maximum Gasteiger partial charge on any atom is 0.306 e. The molecule has 0 spiro atoms. The zero-order chi connectivity index (χ0) is 21.9. The number of hydrogen-bond donors (Lipinski definition) is 4. The van der Waals surface area contributed by atoms with Gasteiger partial charge in [-0.3, -0.25) is 4.79 Å². The fourth-order valence-corrected chi connectivity index (χ4v) is 3.86. The third-order valence-electron chi connectivity index (χ3n) is 5.15. The quantitative estimate of drug-likeness (QED) is 0.250. The first-order valence-electron chi connectivity index (χ1n) is 10.3. The molecule has 2 unspecified atom stereocenters. The molecule has 30 heavy (non-hydrogen) atoms. The third kappa shape index (κ3) is 8.15. The first kappa shape index (κ1) is 24.5. The highest BCUT2D eigenvalue weighted by atomic mass is 35.5. The summed E-state index contributed by atoms with van der Waals surface area (Å²) in [5, 5.41) is 23.6. The number of carboxylic acids is 1. The lowest BCUT2D eigenvalue weighted by molar-refractivity contribution is -0.142. The van der Waals surface area contributed by atoms with E-state index in [1.807, 2.05) is 30.3 Å². The Labute approximate surface area is 188 Å². The number of aliphatic hydroxyl groups is 1. The molecule has 0 saturated heterocycles. The number of carboxylic acid groups (broad SMARTS) is 1. The average molecular weight is 453 g/mol. The molecule has 0 bridgehead atoms. The Hall–Kier alpha value is -1.79. The van der Waals surface area contributed by atoms with Crippen LogP contribution >= 0.6 is 23.2 Å². The third-order valence-corrected chi connectivity index (χ3v) is 5.78. The number of halogens is 2. The van der Waals surface area contributed by atoms with Gasteiger partial charge in [-0.25, -0.2) is 0 Å². The van der Waals surface area contributed by atoms with E-state index < -0.39 is 12.1 Å².